The number of alkyl halides is 3. The average Bonchev–Trinajstić information content (AvgIpc) is 1.81. The summed E-state index contributed by atoms with van der Waals surface area (Å²) in [6.45, 7) is 6.05. The molecular formula is C9H15F3. The van der Waals surface area contributed by atoms with E-state index in [0.29, 0.717) is 0 Å². The van der Waals surface area contributed by atoms with Crippen LogP contribution in [0.25, 0.3) is 0 Å². The molecule has 0 radical (unpaired) electrons. The summed E-state index contributed by atoms with van der Waals surface area (Å²) in [5, 5.41) is 0. The highest BCUT2D eigenvalue weighted by Gasteiger charge is 2.45. The van der Waals surface area contributed by atoms with Crippen LogP contribution in [0.4, 0.5) is 13.2 Å². The first kappa shape index (κ1) is 11.5. The van der Waals surface area contributed by atoms with Crippen LogP contribution in [0.1, 0.15) is 27.7 Å². The van der Waals surface area contributed by atoms with Crippen molar-refractivity contribution in [2.24, 2.45) is 11.3 Å². The van der Waals surface area contributed by atoms with Crippen LogP contribution in [0.3, 0.4) is 0 Å². The molecule has 0 aromatic carbocycles. The Hall–Kier alpha value is -0.470. The molecule has 0 fully saturated rings. The van der Waals surface area contributed by atoms with Crippen molar-refractivity contribution < 1.29 is 13.2 Å². The summed E-state index contributed by atoms with van der Waals surface area (Å²) >= 11 is 0. The lowest BCUT2D eigenvalue weighted by Gasteiger charge is -2.24. The first-order valence-electron chi connectivity index (χ1n) is 3.93. The van der Waals surface area contributed by atoms with E-state index in [2.05, 4.69) is 0 Å². The zero-order valence-electron chi connectivity index (χ0n) is 7.87. The third-order valence-electron chi connectivity index (χ3n) is 1.63. The predicted octanol–water partition coefficient (Wildman–Crippen LogP) is 3.79. The molecule has 3 heteroatoms. The van der Waals surface area contributed by atoms with Crippen molar-refractivity contribution in [1.82, 2.24) is 0 Å². The maximum Gasteiger partial charge on any atom is 0.397 e. The molecule has 12 heavy (non-hydrogen) atoms. The molecule has 0 aromatic rings. The average molecular weight is 180 g/mol. The third-order valence-corrected chi connectivity index (χ3v) is 1.63. The Morgan fingerprint density at radius 1 is 1.08 bits per heavy atom. The number of halogens is 3. The van der Waals surface area contributed by atoms with E-state index in [-0.39, 0.29) is 5.92 Å². The van der Waals surface area contributed by atoms with E-state index in [1.165, 1.54) is 19.9 Å². The van der Waals surface area contributed by atoms with Gasteiger partial charge in [-0.2, -0.15) is 13.2 Å². The Morgan fingerprint density at radius 2 is 1.50 bits per heavy atom. The summed E-state index contributed by atoms with van der Waals surface area (Å²) in [5.74, 6) is 0.159. The molecule has 72 valence electrons. The third kappa shape index (κ3) is 3.28. The molecule has 0 saturated heterocycles. The molecule has 0 aromatic heterocycles. The van der Waals surface area contributed by atoms with Crippen LogP contribution in [0.15, 0.2) is 12.2 Å². The molecule has 0 N–H and O–H groups in total. The number of hydrogen-bond donors (Lipinski definition) is 0. The van der Waals surface area contributed by atoms with Crippen molar-refractivity contribution in [2.75, 3.05) is 0 Å². The van der Waals surface area contributed by atoms with Crippen LogP contribution in [-0.4, -0.2) is 6.18 Å². The van der Waals surface area contributed by atoms with Gasteiger partial charge in [-0.1, -0.05) is 26.0 Å². The highest BCUT2D eigenvalue weighted by atomic mass is 19.4. The normalized spacial score (nSPS) is 14.7. The summed E-state index contributed by atoms with van der Waals surface area (Å²) in [6.07, 6.45) is -1.36. The Bertz CT molecular complexity index is 163. The van der Waals surface area contributed by atoms with E-state index in [1.54, 1.807) is 6.08 Å². The second-order valence-electron chi connectivity index (χ2n) is 3.82. The quantitative estimate of drug-likeness (QED) is 0.567. The standard InChI is InChI=1S/C9H15F3/c1-7(2)5-6-8(3,4)9(10,11)12/h5-7H,1-4H3/b6-5+. The number of hydrogen-bond acceptors (Lipinski definition) is 0. The molecule has 0 heterocycles. The molecule has 0 rings (SSSR count). The Morgan fingerprint density at radius 3 is 1.75 bits per heavy atom. The van der Waals surface area contributed by atoms with Gasteiger partial charge in [0.2, 0.25) is 0 Å². The second kappa shape index (κ2) is 3.50. The fourth-order valence-corrected chi connectivity index (χ4v) is 0.528. The summed E-state index contributed by atoms with van der Waals surface area (Å²) in [6, 6.07) is 0. The molecule has 0 bridgehead atoms. The monoisotopic (exact) mass is 180 g/mol. The van der Waals surface area contributed by atoms with E-state index in [0.717, 1.165) is 0 Å². The minimum atomic E-state index is -4.15. The minimum Gasteiger partial charge on any atom is -0.170 e. The molecular weight excluding hydrogens is 165 g/mol. The van der Waals surface area contributed by atoms with Crippen molar-refractivity contribution in [3.63, 3.8) is 0 Å². The zero-order valence-corrected chi connectivity index (χ0v) is 7.87. The molecule has 0 aliphatic rings. The van der Waals surface area contributed by atoms with Gasteiger partial charge in [-0.3, -0.25) is 0 Å². The SMILES string of the molecule is CC(C)/C=C/C(C)(C)C(F)(F)F. The smallest absolute Gasteiger partial charge is 0.170 e. The van der Waals surface area contributed by atoms with Crippen LogP contribution in [0.5, 0.6) is 0 Å². The van der Waals surface area contributed by atoms with Gasteiger partial charge in [-0.05, 0) is 19.8 Å². The van der Waals surface area contributed by atoms with E-state index >= 15 is 0 Å². The van der Waals surface area contributed by atoms with Gasteiger partial charge in [-0.15, -0.1) is 0 Å². The maximum atomic E-state index is 12.2. The zero-order chi connectivity index (χ0) is 9.99. The lowest BCUT2D eigenvalue weighted by atomic mass is 9.91. The van der Waals surface area contributed by atoms with Crippen LogP contribution in [0, 0.1) is 11.3 Å². The largest absolute Gasteiger partial charge is 0.397 e. The second-order valence-corrected chi connectivity index (χ2v) is 3.82. The van der Waals surface area contributed by atoms with Crippen LogP contribution in [0.2, 0.25) is 0 Å². The molecule has 0 atom stereocenters. The predicted molar refractivity (Wildman–Crippen MR) is 43.8 cm³/mol. The fraction of sp³-hybridized carbons (Fsp3) is 0.778. The van der Waals surface area contributed by atoms with Crippen molar-refractivity contribution >= 4 is 0 Å². The molecule has 0 unspecified atom stereocenters. The van der Waals surface area contributed by atoms with Gasteiger partial charge in [-0.25, -0.2) is 0 Å². The summed E-state index contributed by atoms with van der Waals surface area (Å²) in [5.41, 5.74) is -1.71. The van der Waals surface area contributed by atoms with Gasteiger partial charge < -0.3 is 0 Å². The Kier molecular flexibility index (Phi) is 3.36. The molecule has 0 saturated carbocycles. The summed E-state index contributed by atoms with van der Waals surface area (Å²) in [7, 11) is 0. The fourth-order valence-electron chi connectivity index (χ4n) is 0.528. The van der Waals surface area contributed by atoms with Gasteiger partial charge in [0.1, 0.15) is 0 Å². The Balaban J connectivity index is 4.43. The van der Waals surface area contributed by atoms with Crippen molar-refractivity contribution in [2.45, 2.75) is 33.9 Å². The van der Waals surface area contributed by atoms with Crippen molar-refractivity contribution in [3.8, 4) is 0 Å². The lowest BCUT2D eigenvalue weighted by Crippen LogP contribution is -2.29. The lowest BCUT2D eigenvalue weighted by molar-refractivity contribution is -0.193. The highest BCUT2D eigenvalue weighted by Crippen LogP contribution is 2.38. The molecule has 0 amide bonds. The van der Waals surface area contributed by atoms with Gasteiger partial charge in [0.15, 0.2) is 0 Å². The first-order chi connectivity index (χ1) is 5.17. The van der Waals surface area contributed by atoms with Gasteiger partial charge in [0, 0.05) is 0 Å². The van der Waals surface area contributed by atoms with Crippen LogP contribution >= 0.6 is 0 Å². The van der Waals surface area contributed by atoms with E-state index < -0.39 is 11.6 Å². The summed E-state index contributed by atoms with van der Waals surface area (Å²) < 4.78 is 36.7. The molecule has 0 aliphatic heterocycles. The number of rotatable bonds is 2. The van der Waals surface area contributed by atoms with Crippen molar-refractivity contribution in [3.05, 3.63) is 12.2 Å². The topological polar surface area (TPSA) is 0 Å². The van der Waals surface area contributed by atoms with Gasteiger partial charge in [0.05, 0.1) is 5.41 Å². The van der Waals surface area contributed by atoms with E-state index in [1.807, 2.05) is 13.8 Å². The molecule has 0 spiro atoms. The Labute approximate surface area is 71.5 Å². The van der Waals surface area contributed by atoms with Gasteiger partial charge >= 0.3 is 6.18 Å². The van der Waals surface area contributed by atoms with Crippen LogP contribution in [-0.2, 0) is 0 Å². The van der Waals surface area contributed by atoms with E-state index in [4.69, 9.17) is 0 Å². The van der Waals surface area contributed by atoms with Gasteiger partial charge in [0.25, 0.3) is 0 Å². The summed E-state index contributed by atoms with van der Waals surface area (Å²) in [4.78, 5) is 0. The molecule has 0 nitrogen and oxygen atoms in total. The maximum absolute atomic E-state index is 12.2. The van der Waals surface area contributed by atoms with Crippen LogP contribution < -0.4 is 0 Å². The highest BCUT2D eigenvalue weighted by molar-refractivity contribution is 5.00. The molecule has 0 aliphatic carbocycles. The first-order valence-corrected chi connectivity index (χ1v) is 3.93. The van der Waals surface area contributed by atoms with E-state index in [9.17, 15) is 13.2 Å². The number of allylic oxidation sites excluding steroid dienone is 2. The minimum absolute atomic E-state index is 0.159. The van der Waals surface area contributed by atoms with Crippen molar-refractivity contribution in [1.29, 1.82) is 0 Å².